The summed E-state index contributed by atoms with van der Waals surface area (Å²) in [5.74, 6) is 0.609. The van der Waals surface area contributed by atoms with Crippen LogP contribution in [-0.4, -0.2) is 20.6 Å². The molecule has 114 valence electrons. The van der Waals surface area contributed by atoms with Gasteiger partial charge in [-0.05, 0) is 56.1 Å². The van der Waals surface area contributed by atoms with Crippen molar-refractivity contribution in [1.82, 2.24) is 0 Å². The Hall–Kier alpha value is -0.610. The van der Waals surface area contributed by atoms with Crippen molar-refractivity contribution in [3.8, 4) is 5.75 Å². The molecule has 1 aromatic carbocycles. The minimum atomic E-state index is -3.73. The first kappa shape index (κ1) is 16.8. The Morgan fingerprint density at radius 3 is 2.57 bits per heavy atom. The highest BCUT2D eigenvalue weighted by Crippen LogP contribution is 2.34. The highest BCUT2D eigenvalue weighted by Gasteiger charge is 2.21. The molecule has 5 nitrogen and oxygen atoms in total. The second-order valence-corrected chi connectivity index (χ2v) is 8.92. The second kappa shape index (κ2) is 6.66. The van der Waals surface area contributed by atoms with Gasteiger partial charge >= 0.3 is 0 Å². The minimum Gasteiger partial charge on any atom is -0.496 e. The van der Waals surface area contributed by atoms with Crippen LogP contribution in [0.2, 0.25) is 0 Å². The van der Waals surface area contributed by atoms with E-state index in [0.717, 1.165) is 0 Å². The lowest BCUT2D eigenvalue weighted by atomic mass is 10.3. The van der Waals surface area contributed by atoms with E-state index in [9.17, 15) is 8.42 Å². The Morgan fingerprint density at radius 1 is 1.33 bits per heavy atom. The molecule has 0 aliphatic heterocycles. The predicted molar refractivity (Wildman–Crippen MR) is 89.4 cm³/mol. The number of methoxy groups -OCH3 is 1. The van der Waals surface area contributed by atoms with Gasteiger partial charge in [0.2, 0.25) is 0 Å². The normalized spacial score (nSPS) is 11.4. The van der Waals surface area contributed by atoms with E-state index in [-0.39, 0.29) is 11.5 Å². The van der Waals surface area contributed by atoms with Gasteiger partial charge in [0, 0.05) is 4.88 Å². The zero-order chi connectivity index (χ0) is 15.6. The summed E-state index contributed by atoms with van der Waals surface area (Å²) in [4.78, 5) is 0.668. The Kier molecular flexibility index (Phi) is 5.31. The number of thiophene rings is 1. The van der Waals surface area contributed by atoms with Crippen LogP contribution >= 0.6 is 43.2 Å². The number of benzene rings is 1. The number of aliphatic hydroxyl groups is 1. The number of anilines is 1. The molecular weight excluding hydrogens is 446 g/mol. The van der Waals surface area contributed by atoms with Crippen molar-refractivity contribution >= 4 is 58.9 Å². The van der Waals surface area contributed by atoms with Crippen molar-refractivity contribution in [2.75, 3.05) is 11.8 Å². The first-order chi connectivity index (χ1) is 9.87. The molecule has 1 heterocycles. The first-order valence-corrected chi connectivity index (χ1v) is 9.51. The molecule has 2 N–H and O–H groups in total. The Morgan fingerprint density at radius 2 is 2.05 bits per heavy atom. The summed E-state index contributed by atoms with van der Waals surface area (Å²) >= 11 is 7.68. The molecule has 2 aromatic rings. The molecule has 0 aliphatic carbocycles. The molecule has 0 spiro atoms. The summed E-state index contributed by atoms with van der Waals surface area (Å²) in [6.07, 6.45) is 0. The van der Waals surface area contributed by atoms with Crippen molar-refractivity contribution < 1.29 is 18.3 Å². The standard InChI is InChI=1S/C12H11Br2NO4S2/c1-19-10-3-2-7(4-9(10)13)15-21(17,18)11-5-8(6-16)20-12(11)14/h2-5,15-16H,6H2,1H3. The maximum Gasteiger partial charge on any atom is 0.263 e. The van der Waals surface area contributed by atoms with Crippen LogP contribution in [0.3, 0.4) is 0 Å². The van der Waals surface area contributed by atoms with E-state index in [1.54, 1.807) is 18.2 Å². The predicted octanol–water partition coefficient (Wildman–Crippen LogP) is 3.57. The maximum atomic E-state index is 12.4. The van der Waals surface area contributed by atoms with Gasteiger partial charge in [0.25, 0.3) is 10.0 Å². The molecule has 0 atom stereocenters. The fourth-order valence-corrected chi connectivity index (χ4v) is 5.73. The average Bonchev–Trinajstić information content (AvgIpc) is 2.81. The number of nitrogens with one attached hydrogen (secondary N) is 1. The van der Waals surface area contributed by atoms with Gasteiger partial charge in [-0.3, -0.25) is 4.72 Å². The van der Waals surface area contributed by atoms with Crippen LogP contribution < -0.4 is 9.46 Å². The number of aliphatic hydroxyl groups excluding tert-OH is 1. The van der Waals surface area contributed by atoms with Crippen LogP contribution in [0, 0.1) is 0 Å². The zero-order valence-electron chi connectivity index (χ0n) is 10.8. The van der Waals surface area contributed by atoms with E-state index >= 15 is 0 Å². The van der Waals surface area contributed by atoms with Gasteiger partial charge in [0.1, 0.15) is 10.6 Å². The van der Waals surface area contributed by atoms with Gasteiger partial charge < -0.3 is 9.84 Å². The van der Waals surface area contributed by atoms with Gasteiger partial charge in [-0.25, -0.2) is 8.42 Å². The van der Waals surface area contributed by atoms with Crippen LogP contribution in [0.1, 0.15) is 4.88 Å². The third-order valence-electron chi connectivity index (χ3n) is 2.56. The molecule has 0 radical (unpaired) electrons. The Balaban J connectivity index is 2.32. The molecule has 0 bridgehead atoms. The van der Waals surface area contributed by atoms with Crippen molar-refractivity contribution in [3.05, 3.63) is 37.4 Å². The van der Waals surface area contributed by atoms with E-state index in [4.69, 9.17) is 9.84 Å². The summed E-state index contributed by atoms with van der Waals surface area (Å²) in [6.45, 7) is -0.202. The Bertz CT molecular complexity index is 759. The van der Waals surface area contributed by atoms with Gasteiger partial charge in [0.05, 0.1) is 27.7 Å². The summed E-state index contributed by atoms with van der Waals surface area (Å²) in [6, 6.07) is 6.32. The van der Waals surface area contributed by atoms with Crippen LogP contribution in [0.25, 0.3) is 0 Å². The maximum absolute atomic E-state index is 12.4. The molecule has 0 saturated heterocycles. The number of rotatable bonds is 5. The van der Waals surface area contributed by atoms with E-state index in [2.05, 4.69) is 36.6 Å². The van der Waals surface area contributed by atoms with Crippen LogP contribution in [-0.2, 0) is 16.6 Å². The van der Waals surface area contributed by atoms with Gasteiger partial charge in [-0.15, -0.1) is 11.3 Å². The third-order valence-corrected chi connectivity index (χ3v) is 6.79. The van der Waals surface area contributed by atoms with Gasteiger partial charge in [-0.2, -0.15) is 0 Å². The molecular formula is C12H11Br2NO4S2. The molecule has 0 unspecified atom stereocenters. The lowest BCUT2D eigenvalue weighted by molar-refractivity contribution is 0.285. The van der Waals surface area contributed by atoms with Crippen molar-refractivity contribution in [2.45, 2.75) is 11.5 Å². The summed E-state index contributed by atoms with van der Waals surface area (Å²) < 4.78 is 33.4. The van der Waals surface area contributed by atoms with Gasteiger partial charge in [-0.1, -0.05) is 0 Å². The number of sulfonamides is 1. The van der Waals surface area contributed by atoms with E-state index in [1.165, 1.54) is 24.5 Å². The quantitative estimate of drug-likeness (QED) is 0.720. The lowest BCUT2D eigenvalue weighted by Gasteiger charge is -2.09. The van der Waals surface area contributed by atoms with E-state index in [1.807, 2.05) is 0 Å². The number of ether oxygens (including phenoxy) is 1. The second-order valence-electron chi connectivity index (χ2n) is 3.96. The zero-order valence-corrected chi connectivity index (χ0v) is 15.6. The highest BCUT2D eigenvalue weighted by atomic mass is 79.9. The largest absolute Gasteiger partial charge is 0.496 e. The highest BCUT2D eigenvalue weighted by molar-refractivity contribution is 9.11. The fraction of sp³-hybridized carbons (Fsp3) is 0.167. The molecule has 0 saturated carbocycles. The topological polar surface area (TPSA) is 75.6 Å². The van der Waals surface area contributed by atoms with Crippen LogP contribution in [0.4, 0.5) is 5.69 Å². The number of halogens is 2. The number of hydrogen-bond acceptors (Lipinski definition) is 5. The van der Waals surface area contributed by atoms with Crippen molar-refractivity contribution in [2.24, 2.45) is 0 Å². The molecule has 0 amide bonds. The summed E-state index contributed by atoms with van der Waals surface area (Å²) in [7, 11) is -2.20. The minimum absolute atomic E-state index is 0.100. The van der Waals surface area contributed by atoms with Crippen LogP contribution in [0.5, 0.6) is 5.75 Å². The number of hydrogen-bond donors (Lipinski definition) is 2. The average molecular weight is 457 g/mol. The van der Waals surface area contributed by atoms with Gasteiger partial charge in [0.15, 0.2) is 0 Å². The molecule has 0 fully saturated rings. The van der Waals surface area contributed by atoms with Crippen molar-refractivity contribution in [1.29, 1.82) is 0 Å². The summed E-state index contributed by atoms with van der Waals surface area (Å²) in [5.41, 5.74) is 0.409. The molecule has 2 rings (SSSR count). The molecule has 0 aliphatic rings. The van der Waals surface area contributed by atoms with Crippen LogP contribution in [0.15, 0.2) is 37.4 Å². The lowest BCUT2D eigenvalue weighted by Crippen LogP contribution is -2.12. The molecule has 9 heteroatoms. The van der Waals surface area contributed by atoms with Crippen molar-refractivity contribution in [3.63, 3.8) is 0 Å². The monoisotopic (exact) mass is 455 g/mol. The van der Waals surface area contributed by atoms with E-state index in [0.29, 0.717) is 24.6 Å². The molecule has 21 heavy (non-hydrogen) atoms. The van der Waals surface area contributed by atoms with E-state index < -0.39 is 10.0 Å². The molecule has 1 aromatic heterocycles. The smallest absolute Gasteiger partial charge is 0.263 e. The summed E-state index contributed by atoms with van der Waals surface area (Å²) in [5, 5.41) is 9.08. The first-order valence-electron chi connectivity index (χ1n) is 5.63. The fourth-order valence-electron chi connectivity index (χ4n) is 1.60. The third kappa shape index (κ3) is 3.78. The Labute approximate surface area is 143 Å². The SMILES string of the molecule is COc1ccc(NS(=O)(=O)c2cc(CO)sc2Br)cc1Br.